The van der Waals surface area contributed by atoms with Gasteiger partial charge in [-0.05, 0) is 62.7 Å². The van der Waals surface area contributed by atoms with Gasteiger partial charge in [0.05, 0.1) is 33.0 Å². The van der Waals surface area contributed by atoms with Crippen LogP contribution >= 0.6 is 0 Å². The largest absolute Gasteiger partial charge is 0.481 e. The van der Waals surface area contributed by atoms with Crippen molar-refractivity contribution in [3.8, 4) is 0 Å². The van der Waals surface area contributed by atoms with Crippen LogP contribution in [0.3, 0.4) is 0 Å². The molecule has 1 atom stereocenters. The van der Waals surface area contributed by atoms with Crippen LogP contribution in [0.1, 0.15) is 368 Å². The summed E-state index contributed by atoms with van der Waals surface area (Å²) < 4.78 is 25.6. The maximum absolute atomic E-state index is 12.0. The van der Waals surface area contributed by atoms with Crippen molar-refractivity contribution >= 4 is 42.1 Å². The van der Waals surface area contributed by atoms with E-state index in [9.17, 15) is 33.6 Å². The number of hydrogen-bond acceptors (Lipinski definition) is 12. The van der Waals surface area contributed by atoms with E-state index in [4.69, 9.17) is 24.1 Å². The molecular weight excluding hydrogens is 1070 g/mol. The molecule has 1 aliphatic carbocycles. The molecule has 0 radical (unpaired) electrons. The van der Waals surface area contributed by atoms with Gasteiger partial charge < -0.3 is 33.6 Å². The lowest BCUT2D eigenvalue weighted by molar-refractivity contribution is -0.150. The Labute approximate surface area is 526 Å². The van der Waals surface area contributed by atoms with Crippen molar-refractivity contribution in [2.24, 2.45) is 23.7 Å². The molecule has 0 heterocycles. The summed E-state index contributed by atoms with van der Waals surface area (Å²) in [5.74, 6) is -1.62. The van der Waals surface area contributed by atoms with E-state index in [1.165, 1.54) is 142 Å². The Kier molecular flexibility index (Phi) is 94.8. The Morgan fingerprint density at radius 1 is 0.400 bits per heavy atom. The Balaban J connectivity index is -0.000000196. The predicted molar refractivity (Wildman–Crippen MR) is 358 cm³/mol. The number of ether oxygens (including phenoxy) is 5. The summed E-state index contributed by atoms with van der Waals surface area (Å²) in [6.45, 7) is 35.5. The number of carbonyl (C=O) groups excluding carboxylic acids is 6. The molecule has 1 aliphatic rings. The van der Waals surface area contributed by atoms with Crippen molar-refractivity contribution < 1.29 is 62.4 Å². The maximum atomic E-state index is 12.0. The topological polar surface area (TPSA) is 186 Å². The highest BCUT2D eigenvalue weighted by Crippen LogP contribution is 2.23. The summed E-state index contributed by atoms with van der Waals surface area (Å²) >= 11 is 0. The van der Waals surface area contributed by atoms with Crippen LogP contribution in [0, 0.1) is 23.7 Å². The van der Waals surface area contributed by atoms with Gasteiger partial charge in [-0.25, -0.2) is 0 Å². The molecule has 13 nitrogen and oxygen atoms in total. The van der Waals surface area contributed by atoms with Gasteiger partial charge in [0.2, 0.25) is 0 Å². The molecule has 0 saturated heterocycles. The first-order chi connectivity index (χ1) is 41.0. The van der Waals surface area contributed by atoms with E-state index < -0.39 is 23.8 Å². The van der Waals surface area contributed by atoms with Crippen molar-refractivity contribution in [2.75, 3.05) is 33.0 Å². The number of hydrogen-bond donors (Lipinski definition) is 1. The Morgan fingerprint density at radius 2 is 0.694 bits per heavy atom. The molecular formula is C72H144O13. The van der Waals surface area contributed by atoms with Crippen molar-refractivity contribution in [1.29, 1.82) is 0 Å². The highest BCUT2D eigenvalue weighted by atomic mass is 16.5. The molecule has 1 N–H and O–H groups in total. The van der Waals surface area contributed by atoms with E-state index in [1.807, 2.05) is 41.5 Å². The second-order valence-corrected chi connectivity index (χ2v) is 22.4. The van der Waals surface area contributed by atoms with Crippen molar-refractivity contribution in [2.45, 2.75) is 368 Å². The van der Waals surface area contributed by atoms with Gasteiger partial charge in [0.15, 0.2) is 0 Å². The van der Waals surface area contributed by atoms with Gasteiger partial charge in [0.25, 0.3) is 0 Å². The molecule has 1 unspecified atom stereocenters. The number of esters is 5. The number of carbonyl (C=O) groups is 7. The molecule has 1 rings (SSSR count). The van der Waals surface area contributed by atoms with Gasteiger partial charge in [-0.3, -0.25) is 28.8 Å². The van der Waals surface area contributed by atoms with E-state index in [1.54, 1.807) is 0 Å². The van der Waals surface area contributed by atoms with Gasteiger partial charge in [0, 0.05) is 44.9 Å². The quantitative estimate of drug-likeness (QED) is 0.0263. The molecule has 85 heavy (non-hydrogen) atoms. The van der Waals surface area contributed by atoms with Crippen LogP contribution in [-0.2, 0) is 57.2 Å². The lowest BCUT2D eigenvalue weighted by Crippen LogP contribution is -2.20. The van der Waals surface area contributed by atoms with Gasteiger partial charge in [-0.1, -0.05) is 284 Å². The summed E-state index contributed by atoms with van der Waals surface area (Å²) in [7, 11) is 0. The van der Waals surface area contributed by atoms with Gasteiger partial charge in [-0.15, -0.1) is 0 Å². The Hall–Kier alpha value is -3.51. The Bertz CT molecular complexity index is 1300. The standard InChI is InChI=1S/C23H42O6.C23H44O4.C9H20.C5H10O2.C5H8O.C3H8.2C2H6/c1-3-5-7-9-11-13-15-28-22(26)18-20(17-21(24)25)19-23(27)29-16-14-12-10-8-6-4-2;1-4-7-9-11-13-15-17-26-22(24)19-21(6-3)20-23(25)27-18-16-14-12-10-8-5-2;1-4-6-7-8-9(3)5-2;1-3-4-7-5(2)6;6-4-5-2-1-3-5;1-3-2;2*1-2/h20H,3-19H2,1-2H3,(H,24,25);21H,4-20H2,1-3H3;9H,4-8H2,1-3H3;3-4H2,1-2H3;4-5H,1-3H2;3H2,1-2H3;2*1-2H3. The molecule has 13 heteroatoms. The fourth-order valence-electron chi connectivity index (χ4n) is 8.05. The number of rotatable bonds is 47. The van der Waals surface area contributed by atoms with Crippen LogP contribution in [-0.4, -0.2) is 80.2 Å². The molecule has 0 aromatic heterocycles. The van der Waals surface area contributed by atoms with Gasteiger partial charge >= 0.3 is 35.8 Å². The molecule has 0 amide bonds. The van der Waals surface area contributed by atoms with Crippen molar-refractivity contribution in [3.05, 3.63) is 0 Å². The lowest BCUT2D eigenvalue weighted by atomic mass is 9.87. The van der Waals surface area contributed by atoms with Crippen molar-refractivity contribution in [1.82, 2.24) is 0 Å². The Morgan fingerprint density at radius 3 is 0.906 bits per heavy atom. The fourth-order valence-corrected chi connectivity index (χ4v) is 8.05. The van der Waals surface area contributed by atoms with Crippen LogP contribution in [0.25, 0.3) is 0 Å². The summed E-state index contributed by atoms with van der Waals surface area (Å²) in [5.41, 5.74) is 0. The summed E-state index contributed by atoms with van der Waals surface area (Å²) in [4.78, 5) is 78.6. The highest BCUT2D eigenvalue weighted by molar-refractivity contribution is 5.76. The normalized spacial score (nSPS) is 11.3. The average molecular weight is 1220 g/mol. The lowest BCUT2D eigenvalue weighted by Gasteiger charge is -2.17. The maximum Gasteiger partial charge on any atom is 0.306 e. The monoisotopic (exact) mass is 1220 g/mol. The first kappa shape index (κ1) is 95.1. The number of aliphatic carboxylic acids is 1. The minimum atomic E-state index is -1.03. The molecule has 1 fully saturated rings. The van der Waals surface area contributed by atoms with Crippen LogP contribution < -0.4 is 0 Å². The second kappa shape index (κ2) is 84.7. The first-order valence-electron chi connectivity index (χ1n) is 35.5. The van der Waals surface area contributed by atoms with E-state index in [2.05, 4.69) is 67.1 Å². The van der Waals surface area contributed by atoms with E-state index in [0.717, 1.165) is 102 Å². The zero-order valence-electron chi connectivity index (χ0n) is 59.1. The summed E-state index contributed by atoms with van der Waals surface area (Å²) in [6, 6.07) is 0. The SMILES string of the molecule is CC.CC.CCC.CCCCCC(C)CC.CCCCCCCCOC(=O)CC(CC(=O)O)CC(=O)OCCCCCCCC.CCCCCCCCOC(=O)CC(CC)CC(=O)OCCCCCCCC.CCCOC(C)=O.O=CC1CCC1. The van der Waals surface area contributed by atoms with E-state index in [-0.39, 0.29) is 43.1 Å². The summed E-state index contributed by atoms with van der Waals surface area (Å²) in [5, 5.41) is 9.04. The minimum Gasteiger partial charge on any atom is -0.481 e. The van der Waals surface area contributed by atoms with Crippen LogP contribution in [0.15, 0.2) is 0 Å². The predicted octanol–water partition coefficient (Wildman–Crippen LogP) is 21.3. The number of aldehydes is 1. The smallest absolute Gasteiger partial charge is 0.306 e. The molecule has 0 bridgehead atoms. The second-order valence-electron chi connectivity index (χ2n) is 22.4. The third kappa shape index (κ3) is 91.8. The van der Waals surface area contributed by atoms with E-state index in [0.29, 0.717) is 51.8 Å². The molecule has 0 aromatic rings. The zero-order chi connectivity index (χ0) is 65.8. The molecule has 0 spiro atoms. The molecule has 510 valence electrons. The minimum absolute atomic E-state index is 0.0270. The first-order valence-corrected chi connectivity index (χ1v) is 35.5. The average Bonchev–Trinajstić information content (AvgIpc) is 3.50. The van der Waals surface area contributed by atoms with E-state index >= 15 is 0 Å². The zero-order valence-corrected chi connectivity index (χ0v) is 59.1. The highest BCUT2D eigenvalue weighted by Gasteiger charge is 2.23. The van der Waals surface area contributed by atoms with Gasteiger partial charge in [-0.2, -0.15) is 0 Å². The number of unbranched alkanes of at least 4 members (excludes halogenated alkanes) is 22. The van der Waals surface area contributed by atoms with Crippen LogP contribution in [0.2, 0.25) is 0 Å². The summed E-state index contributed by atoms with van der Waals surface area (Å²) in [6.07, 6.45) is 42.2. The molecule has 0 aromatic carbocycles. The van der Waals surface area contributed by atoms with Crippen molar-refractivity contribution in [3.63, 3.8) is 0 Å². The third-order valence-corrected chi connectivity index (χ3v) is 13.8. The third-order valence-electron chi connectivity index (χ3n) is 13.8. The fraction of sp³-hybridized carbons (Fsp3) is 0.903. The molecule has 1 saturated carbocycles. The molecule has 0 aliphatic heterocycles. The number of carboxylic acids is 1. The number of carboxylic acid groups (broad SMARTS) is 1. The van der Waals surface area contributed by atoms with Crippen LogP contribution in [0.4, 0.5) is 0 Å². The van der Waals surface area contributed by atoms with Gasteiger partial charge in [0.1, 0.15) is 6.29 Å². The van der Waals surface area contributed by atoms with Crippen LogP contribution in [0.5, 0.6) is 0 Å².